The maximum Gasteiger partial charge on any atom is 0.175 e. The van der Waals surface area contributed by atoms with Crippen LogP contribution in [0.15, 0.2) is 46.9 Å². The summed E-state index contributed by atoms with van der Waals surface area (Å²) in [6, 6.07) is 14.3. The molecule has 26 heavy (non-hydrogen) atoms. The first-order chi connectivity index (χ1) is 12.7. The summed E-state index contributed by atoms with van der Waals surface area (Å²) in [6.07, 6.45) is 1.01. The third kappa shape index (κ3) is 6.98. The average molecular weight is 422 g/mol. The van der Waals surface area contributed by atoms with Crippen molar-refractivity contribution in [2.45, 2.75) is 33.4 Å². The number of benzene rings is 2. The van der Waals surface area contributed by atoms with Crippen molar-refractivity contribution in [2.75, 3.05) is 26.4 Å². The monoisotopic (exact) mass is 421 g/mol. The number of ether oxygens (including phenoxy) is 3. The molecule has 0 radical (unpaired) electrons. The Kier molecular flexibility index (Phi) is 9.53. The van der Waals surface area contributed by atoms with E-state index in [2.05, 4.69) is 39.4 Å². The van der Waals surface area contributed by atoms with Gasteiger partial charge in [-0.3, -0.25) is 0 Å². The highest BCUT2D eigenvalue weighted by atomic mass is 79.9. The van der Waals surface area contributed by atoms with Gasteiger partial charge in [-0.05, 0) is 66.0 Å². The predicted octanol–water partition coefficient (Wildman–Crippen LogP) is 4.94. The van der Waals surface area contributed by atoms with Crippen molar-refractivity contribution in [3.8, 4) is 11.5 Å². The van der Waals surface area contributed by atoms with E-state index >= 15 is 0 Å². The van der Waals surface area contributed by atoms with E-state index in [1.54, 1.807) is 0 Å². The third-order valence-electron chi connectivity index (χ3n) is 3.77. The molecule has 5 heteroatoms. The van der Waals surface area contributed by atoms with Gasteiger partial charge in [-0.1, -0.05) is 30.3 Å². The van der Waals surface area contributed by atoms with E-state index in [1.807, 2.05) is 38.1 Å². The van der Waals surface area contributed by atoms with E-state index in [1.165, 1.54) is 0 Å². The smallest absolute Gasteiger partial charge is 0.175 e. The molecule has 2 aromatic rings. The highest BCUT2D eigenvalue weighted by Gasteiger charge is 2.12. The van der Waals surface area contributed by atoms with E-state index in [9.17, 15) is 0 Å². The minimum atomic E-state index is 0.508. The normalized spacial score (nSPS) is 10.7. The predicted molar refractivity (Wildman–Crippen MR) is 109 cm³/mol. The van der Waals surface area contributed by atoms with Crippen molar-refractivity contribution < 1.29 is 14.2 Å². The van der Waals surface area contributed by atoms with Crippen LogP contribution in [0.25, 0.3) is 0 Å². The quantitative estimate of drug-likeness (QED) is 0.492. The fraction of sp³-hybridized carbons (Fsp3) is 0.429. The average Bonchev–Trinajstić information content (AvgIpc) is 2.65. The highest BCUT2D eigenvalue weighted by Crippen LogP contribution is 2.37. The van der Waals surface area contributed by atoms with Crippen LogP contribution in [0.5, 0.6) is 11.5 Å². The number of nitrogens with one attached hydrogen (secondary N) is 1. The van der Waals surface area contributed by atoms with Crippen molar-refractivity contribution >= 4 is 15.9 Å². The van der Waals surface area contributed by atoms with E-state index in [0.717, 1.165) is 59.8 Å². The van der Waals surface area contributed by atoms with Gasteiger partial charge in [0.2, 0.25) is 0 Å². The van der Waals surface area contributed by atoms with E-state index in [-0.39, 0.29) is 0 Å². The minimum absolute atomic E-state index is 0.508. The van der Waals surface area contributed by atoms with Crippen LogP contribution in [-0.2, 0) is 17.9 Å². The van der Waals surface area contributed by atoms with Gasteiger partial charge >= 0.3 is 0 Å². The first-order valence-corrected chi connectivity index (χ1v) is 9.94. The fourth-order valence-corrected chi connectivity index (χ4v) is 3.14. The van der Waals surface area contributed by atoms with Gasteiger partial charge < -0.3 is 19.5 Å². The Morgan fingerprint density at radius 1 is 0.962 bits per heavy atom. The summed E-state index contributed by atoms with van der Waals surface area (Å²) in [6.45, 7) is 8.37. The molecule has 142 valence electrons. The number of rotatable bonds is 12. The topological polar surface area (TPSA) is 39.7 Å². The van der Waals surface area contributed by atoms with Crippen LogP contribution in [0.1, 0.15) is 31.4 Å². The van der Waals surface area contributed by atoms with Crippen molar-refractivity contribution in [1.29, 1.82) is 0 Å². The first-order valence-electron chi connectivity index (χ1n) is 9.15. The lowest BCUT2D eigenvalue weighted by Crippen LogP contribution is -2.16. The lowest BCUT2D eigenvalue weighted by molar-refractivity contribution is 0.144. The molecule has 0 bridgehead atoms. The van der Waals surface area contributed by atoms with Gasteiger partial charge in [-0.25, -0.2) is 0 Å². The molecule has 2 aromatic carbocycles. The van der Waals surface area contributed by atoms with E-state index in [0.29, 0.717) is 13.2 Å². The van der Waals surface area contributed by atoms with Crippen molar-refractivity contribution in [1.82, 2.24) is 5.32 Å². The molecule has 0 aromatic heterocycles. The molecule has 0 aliphatic heterocycles. The Hall–Kier alpha value is -1.56. The zero-order chi connectivity index (χ0) is 18.6. The minimum Gasteiger partial charge on any atom is -0.490 e. The van der Waals surface area contributed by atoms with Gasteiger partial charge in [0.15, 0.2) is 11.5 Å². The molecule has 4 nitrogen and oxygen atoms in total. The molecular formula is C21H28BrNO3. The third-order valence-corrected chi connectivity index (χ3v) is 4.36. The van der Waals surface area contributed by atoms with Gasteiger partial charge in [-0.2, -0.15) is 0 Å². The molecule has 0 atom stereocenters. The largest absolute Gasteiger partial charge is 0.490 e. The number of hydrogen-bond acceptors (Lipinski definition) is 4. The second-order valence-corrected chi connectivity index (χ2v) is 6.69. The first kappa shape index (κ1) is 20.7. The van der Waals surface area contributed by atoms with Crippen LogP contribution >= 0.6 is 15.9 Å². The summed E-state index contributed by atoms with van der Waals surface area (Å²) in [4.78, 5) is 0. The van der Waals surface area contributed by atoms with Gasteiger partial charge in [0, 0.05) is 19.8 Å². The zero-order valence-electron chi connectivity index (χ0n) is 15.6. The maximum atomic E-state index is 6.02. The summed E-state index contributed by atoms with van der Waals surface area (Å²) in [5.74, 6) is 1.51. The van der Waals surface area contributed by atoms with Gasteiger partial charge in [0.1, 0.15) is 6.61 Å². The molecule has 1 N–H and O–H groups in total. The molecule has 0 spiro atoms. The summed E-state index contributed by atoms with van der Waals surface area (Å²) in [7, 11) is 0. The molecule has 0 saturated carbocycles. The Morgan fingerprint density at radius 3 is 2.50 bits per heavy atom. The summed E-state index contributed by atoms with van der Waals surface area (Å²) < 4.78 is 18.1. The molecule has 0 fully saturated rings. The number of halogens is 1. The summed E-state index contributed by atoms with van der Waals surface area (Å²) in [5.41, 5.74) is 2.28. The Balaban J connectivity index is 1.97. The lowest BCUT2D eigenvalue weighted by atomic mass is 10.2. The van der Waals surface area contributed by atoms with Crippen molar-refractivity contribution in [3.05, 3.63) is 58.1 Å². The molecule has 0 aliphatic rings. The lowest BCUT2D eigenvalue weighted by Gasteiger charge is -2.16. The van der Waals surface area contributed by atoms with Crippen molar-refractivity contribution in [3.63, 3.8) is 0 Å². The summed E-state index contributed by atoms with van der Waals surface area (Å²) in [5, 5.41) is 3.44. The van der Waals surface area contributed by atoms with Gasteiger partial charge in [-0.15, -0.1) is 0 Å². The highest BCUT2D eigenvalue weighted by molar-refractivity contribution is 9.10. The summed E-state index contributed by atoms with van der Waals surface area (Å²) >= 11 is 3.63. The molecule has 2 rings (SSSR count). The zero-order valence-corrected chi connectivity index (χ0v) is 17.2. The Bertz CT molecular complexity index is 649. The molecule has 0 heterocycles. The SMILES string of the molecule is CCOCCCNCc1cc(Br)c(OCc2ccccc2)c(OCC)c1. The second-order valence-electron chi connectivity index (χ2n) is 5.84. The Morgan fingerprint density at radius 2 is 1.77 bits per heavy atom. The fourth-order valence-electron chi connectivity index (χ4n) is 2.53. The molecule has 0 unspecified atom stereocenters. The number of hydrogen-bond donors (Lipinski definition) is 1. The second kappa shape index (κ2) is 11.9. The van der Waals surface area contributed by atoms with Crippen LogP contribution < -0.4 is 14.8 Å². The molecule has 0 amide bonds. The van der Waals surface area contributed by atoms with Gasteiger partial charge in [0.05, 0.1) is 11.1 Å². The molecular weight excluding hydrogens is 394 g/mol. The van der Waals surface area contributed by atoms with E-state index < -0.39 is 0 Å². The maximum absolute atomic E-state index is 6.02. The molecule has 0 aliphatic carbocycles. The van der Waals surface area contributed by atoms with Crippen molar-refractivity contribution in [2.24, 2.45) is 0 Å². The van der Waals surface area contributed by atoms with Crippen LogP contribution in [-0.4, -0.2) is 26.4 Å². The molecule has 0 saturated heterocycles. The van der Waals surface area contributed by atoms with Gasteiger partial charge in [0.25, 0.3) is 0 Å². The van der Waals surface area contributed by atoms with Crippen LogP contribution in [0, 0.1) is 0 Å². The Labute approximate surface area is 165 Å². The van der Waals surface area contributed by atoms with Crippen LogP contribution in [0.3, 0.4) is 0 Å². The standard InChI is InChI=1S/C21H28BrNO3/c1-3-24-12-8-11-23-15-18-13-19(22)21(20(14-18)25-4-2)26-16-17-9-6-5-7-10-17/h5-7,9-10,13-14,23H,3-4,8,11-12,15-16H2,1-2H3. The van der Waals surface area contributed by atoms with Crippen LogP contribution in [0.2, 0.25) is 0 Å². The van der Waals surface area contributed by atoms with Crippen LogP contribution in [0.4, 0.5) is 0 Å². The van der Waals surface area contributed by atoms with E-state index in [4.69, 9.17) is 14.2 Å².